The minimum absolute atomic E-state index is 0.239. The van der Waals surface area contributed by atoms with Crippen LogP contribution in [0, 0.1) is 11.8 Å². The van der Waals surface area contributed by atoms with Gasteiger partial charge in [0.05, 0.1) is 5.92 Å². The van der Waals surface area contributed by atoms with E-state index in [9.17, 15) is 4.79 Å². The lowest BCUT2D eigenvalue weighted by atomic mass is 9.91. The smallest absolute Gasteiger partial charge is 0.307 e. The number of hydrogen-bond donors (Lipinski definition) is 3. The van der Waals surface area contributed by atoms with E-state index in [-0.39, 0.29) is 5.92 Å². The molecule has 1 aliphatic rings. The monoisotopic (exact) mass is 158 g/mol. The van der Waals surface area contributed by atoms with Gasteiger partial charge in [0.2, 0.25) is 0 Å². The van der Waals surface area contributed by atoms with E-state index in [4.69, 9.17) is 10.8 Å². The van der Waals surface area contributed by atoms with E-state index >= 15 is 0 Å². The molecule has 0 aromatic heterocycles. The van der Waals surface area contributed by atoms with Crippen molar-refractivity contribution in [1.29, 1.82) is 0 Å². The maximum Gasteiger partial charge on any atom is 0.307 e. The molecule has 0 aliphatic carbocycles. The van der Waals surface area contributed by atoms with Crippen molar-refractivity contribution in [2.24, 2.45) is 17.6 Å². The summed E-state index contributed by atoms with van der Waals surface area (Å²) in [7, 11) is 0. The maximum atomic E-state index is 10.5. The quantitative estimate of drug-likeness (QED) is 0.494. The zero-order valence-corrected chi connectivity index (χ0v) is 6.42. The predicted molar refractivity (Wildman–Crippen MR) is 41.2 cm³/mol. The molecule has 0 amide bonds. The van der Waals surface area contributed by atoms with Gasteiger partial charge in [-0.3, -0.25) is 4.79 Å². The van der Waals surface area contributed by atoms with Crippen molar-refractivity contribution in [2.75, 3.05) is 19.6 Å². The van der Waals surface area contributed by atoms with Crippen molar-refractivity contribution in [1.82, 2.24) is 5.32 Å². The molecule has 2 atom stereocenters. The Morgan fingerprint density at radius 2 is 2.36 bits per heavy atom. The summed E-state index contributed by atoms with van der Waals surface area (Å²) in [6, 6.07) is 0. The molecule has 0 aromatic carbocycles. The van der Waals surface area contributed by atoms with Crippen LogP contribution in [0.4, 0.5) is 0 Å². The van der Waals surface area contributed by atoms with Gasteiger partial charge in [0.1, 0.15) is 0 Å². The van der Waals surface area contributed by atoms with E-state index in [2.05, 4.69) is 5.32 Å². The number of carboxylic acid groups (broad SMARTS) is 1. The number of carbonyl (C=O) groups is 1. The second-order valence-corrected chi connectivity index (χ2v) is 3.03. The lowest BCUT2D eigenvalue weighted by Gasteiger charge is -2.26. The van der Waals surface area contributed by atoms with Crippen LogP contribution in [0.2, 0.25) is 0 Å². The van der Waals surface area contributed by atoms with Gasteiger partial charge < -0.3 is 16.2 Å². The minimum atomic E-state index is -0.712. The molecule has 0 spiro atoms. The van der Waals surface area contributed by atoms with Gasteiger partial charge in [0.15, 0.2) is 0 Å². The summed E-state index contributed by atoms with van der Waals surface area (Å²) >= 11 is 0. The number of rotatable bonds is 2. The first-order chi connectivity index (χ1) is 5.24. The fourth-order valence-electron chi connectivity index (χ4n) is 1.40. The lowest BCUT2D eigenvalue weighted by molar-refractivity contribution is -0.142. The number of aliphatic carboxylic acids is 1. The highest BCUT2D eigenvalue weighted by molar-refractivity contribution is 5.70. The summed E-state index contributed by atoms with van der Waals surface area (Å²) < 4.78 is 0. The molecule has 1 aliphatic heterocycles. The van der Waals surface area contributed by atoms with Gasteiger partial charge in [-0.15, -0.1) is 0 Å². The molecule has 11 heavy (non-hydrogen) atoms. The Labute approximate surface area is 65.8 Å². The fourth-order valence-corrected chi connectivity index (χ4v) is 1.40. The molecule has 4 nitrogen and oxygen atoms in total. The van der Waals surface area contributed by atoms with Gasteiger partial charge >= 0.3 is 5.97 Å². The Kier molecular flexibility index (Phi) is 2.84. The van der Waals surface area contributed by atoms with Crippen molar-refractivity contribution in [3.8, 4) is 0 Å². The molecule has 1 heterocycles. The second-order valence-electron chi connectivity index (χ2n) is 3.03. The molecule has 0 aromatic rings. The topological polar surface area (TPSA) is 75.3 Å². The summed E-state index contributed by atoms with van der Waals surface area (Å²) in [6.45, 7) is 2.03. The van der Waals surface area contributed by atoms with Crippen LogP contribution < -0.4 is 11.1 Å². The van der Waals surface area contributed by atoms with Gasteiger partial charge in [-0.25, -0.2) is 0 Å². The van der Waals surface area contributed by atoms with E-state index in [1.54, 1.807) is 0 Å². The zero-order valence-electron chi connectivity index (χ0n) is 6.42. The van der Waals surface area contributed by atoms with Crippen molar-refractivity contribution >= 4 is 5.97 Å². The van der Waals surface area contributed by atoms with Crippen LogP contribution in [0.5, 0.6) is 0 Å². The van der Waals surface area contributed by atoms with Crippen molar-refractivity contribution < 1.29 is 9.90 Å². The van der Waals surface area contributed by atoms with Crippen LogP contribution in [0.3, 0.4) is 0 Å². The van der Waals surface area contributed by atoms with Crippen LogP contribution in [0.25, 0.3) is 0 Å². The molecule has 0 bridgehead atoms. The van der Waals surface area contributed by atoms with Gasteiger partial charge in [-0.05, 0) is 25.4 Å². The molecule has 0 saturated carbocycles. The third-order valence-corrected chi connectivity index (χ3v) is 2.12. The first kappa shape index (κ1) is 8.49. The number of piperidine rings is 1. The van der Waals surface area contributed by atoms with Gasteiger partial charge in [0.25, 0.3) is 0 Å². The Morgan fingerprint density at radius 1 is 1.64 bits per heavy atom. The highest BCUT2D eigenvalue weighted by Gasteiger charge is 2.25. The summed E-state index contributed by atoms with van der Waals surface area (Å²) in [5, 5.41) is 11.7. The van der Waals surface area contributed by atoms with Gasteiger partial charge in [-0.2, -0.15) is 0 Å². The Bertz CT molecular complexity index is 149. The molecular formula is C7H14N2O2. The first-order valence-corrected chi connectivity index (χ1v) is 3.87. The predicted octanol–water partition coefficient (Wildman–Crippen LogP) is -0.745. The molecule has 1 saturated heterocycles. The number of hydrogen-bond acceptors (Lipinski definition) is 3. The third-order valence-electron chi connectivity index (χ3n) is 2.12. The molecule has 2 unspecified atom stereocenters. The van der Waals surface area contributed by atoms with Crippen molar-refractivity contribution in [3.63, 3.8) is 0 Å². The van der Waals surface area contributed by atoms with Crippen LogP contribution >= 0.6 is 0 Å². The molecule has 1 rings (SSSR count). The summed E-state index contributed by atoms with van der Waals surface area (Å²) in [4.78, 5) is 10.5. The third kappa shape index (κ3) is 2.17. The number of carboxylic acids is 1. The van der Waals surface area contributed by atoms with E-state index < -0.39 is 5.97 Å². The number of nitrogens with one attached hydrogen (secondary N) is 1. The second kappa shape index (κ2) is 3.69. The van der Waals surface area contributed by atoms with Crippen LogP contribution in [-0.2, 0) is 4.79 Å². The molecule has 64 valence electrons. The van der Waals surface area contributed by atoms with Crippen molar-refractivity contribution in [2.45, 2.75) is 6.42 Å². The van der Waals surface area contributed by atoms with E-state index in [1.807, 2.05) is 0 Å². The Morgan fingerprint density at radius 3 is 2.91 bits per heavy atom. The maximum absolute atomic E-state index is 10.5. The van der Waals surface area contributed by atoms with Crippen molar-refractivity contribution in [3.05, 3.63) is 0 Å². The lowest BCUT2D eigenvalue weighted by Crippen LogP contribution is -2.42. The Hall–Kier alpha value is -0.610. The minimum Gasteiger partial charge on any atom is -0.481 e. The fraction of sp³-hybridized carbons (Fsp3) is 0.857. The molecule has 4 N–H and O–H groups in total. The summed E-state index contributed by atoms with van der Waals surface area (Å²) in [5.41, 5.74) is 5.43. The first-order valence-electron chi connectivity index (χ1n) is 3.87. The van der Waals surface area contributed by atoms with Crippen LogP contribution in [-0.4, -0.2) is 30.7 Å². The van der Waals surface area contributed by atoms with Crippen LogP contribution in [0.1, 0.15) is 6.42 Å². The summed E-state index contributed by atoms with van der Waals surface area (Å²) in [5.74, 6) is -0.613. The van der Waals surface area contributed by atoms with Gasteiger partial charge in [0, 0.05) is 6.54 Å². The highest BCUT2D eigenvalue weighted by atomic mass is 16.4. The normalized spacial score (nSPS) is 31.7. The van der Waals surface area contributed by atoms with E-state index in [1.165, 1.54) is 0 Å². The molecule has 1 fully saturated rings. The number of nitrogens with two attached hydrogens (primary N) is 1. The largest absolute Gasteiger partial charge is 0.481 e. The van der Waals surface area contributed by atoms with Crippen LogP contribution in [0.15, 0.2) is 0 Å². The summed E-state index contributed by atoms with van der Waals surface area (Å²) in [6.07, 6.45) is 0.721. The average Bonchev–Trinajstić information content (AvgIpc) is 2.05. The molecule has 4 heteroatoms. The zero-order chi connectivity index (χ0) is 8.27. The highest BCUT2D eigenvalue weighted by Crippen LogP contribution is 2.14. The standard InChI is InChI=1S/C7H14N2O2/c8-2-5-1-6(7(10)11)4-9-3-5/h5-6,9H,1-4,8H2,(H,10,11). The van der Waals surface area contributed by atoms with E-state index in [0.29, 0.717) is 19.0 Å². The molecule has 0 radical (unpaired) electrons. The molecular weight excluding hydrogens is 144 g/mol. The SMILES string of the molecule is NCC1CNCC(C(=O)O)C1. The Balaban J connectivity index is 2.39. The average molecular weight is 158 g/mol. The van der Waals surface area contributed by atoms with Gasteiger partial charge in [-0.1, -0.05) is 0 Å². The van der Waals surface area contributed by atoms with E-state index in [0.717, 1.165) is 13.0 Å².